The first-order valence-electron chi connectivity index (χ1n) is 12.5. The summed E-state index contributed by atoms with van der Waals surface area (Å²) >= 11 is 0. The maximum atomic E-state index is 12.3. The lowest BCUT2D eigenvalue weighted by Crippen LogP contribution is -2.57. The van der Waals surface area contributed by atoms with E-state index in [0.717, 1.165) is 42.7 Å². The number of hydrogen-bond acceptors (Lipinski definition) is 4. The third kappa shape index (κ3) is 2.97. The van der Waals surface area contributed by atoms with Gasteiger partial charge in [0.25, 0.3) is 0 Å². The molecule has 5 nitrogen and oxygen atoms in total. The molecule has 170 valence electrons. The van der Waals surface area contributed by atoms with Gasteiger partial charge in [0.2, 0.25) is 0 Å². The fraction of sp³-hybridized carbons (Fsp3) is 0.808. The van der Waals surface area contributed by atoms with Crippen molar-refractivity contribution in [2.45, 2.75) is 91.4 Å². The number of Topliss-reactive ketones (excluding diaryl/α,β-unsaturated/α-hetero) is 1. The Bertz CT molecular complexity index is 893. The summed E-state index contributed by atoms with van der Waals surface area (Å²) in [4.78, 5) is 24.4. The van der Waals surface area contributed by atoms with Gasteiger partial charge in [0, 0.05) is 24.5 Å². The van der Waals surface area contributed by atoms with E-state index in [0.29, 0.717) is 29.4 Å². The van der Waals surface area contributed by atoms with Crippen LogP contribution in [0.1, 0.15) is 108 Å². The quantitative estimate of drug-likeness (QED) is 0.632. The smallest absolute Gasteiger partial charge is 0.358 e. The van der Waals surface area contributed by atoms with Crippen LogP contribution in [0.5, 0.6) is 0 Å². The van der Waals surface area contributed by atoms with Gasteiger partial charge in [-0.15, -0.1) is 0 Å². The first kappa shape index (κ1) is 21.2. The predicted octanol–water partition coefficient (Wildman–Crippen LogP) is 5.67. The van der Waals surface area contributed by atoms with E-state index >= 15 is 0 Å². The van der Waals surface area contributed by atoms with E-state index in [-0.39, 0.29) is 16.8 Å². The van der Waals surface area contributed by atoms with Gasteiger partial charge in [0.1, 0.15) is 5.78 Å². The first-order valence-corrected chi connectivity index (χ1v) is 12.5. The molecule has 6 unspecified atom stereocenters. The number of carbonyl (C=O) groups is 2. The van der Waals surface area contributed by atoms with Crippen LogP contribution in [0.15, 0.2) is 6.07 Å². The van der Waals surface area contributed by atoms with E-state index in [1.807, 2.05) is 13.0 Å². The zero-order chi connectivity index (χ0) is 22.0. The molecule has 5 rings (SSSR count). The highest BCUT2D eigenvalue weighted by atomic mass is 16.5. The van der Waals surface area contributed by atoms with Crippen LogP contribution in [-0.2, 0) is 9.53 Å². The Balaban J connectivity index is 1.40. The molecule has 0 amide bonds. The monoisotopic (exact) mass is 426 g/mol. The molecule has 0 saturated heterocycles. The number of H-pyrrole nitrogens is 1. The number of aromatic nitrogens is 2. The predicted molar refractivity (Wildman–Crippen MR) is 119 cm³/mol. The molecule has 0 aliphatic heterocycles. The van der Waals surface area contributed by atoms with E-state index in [4.69, 9.17) is 4.74 Å². The molecule has 1 aromatic heterocycles. The molecule has 5 heteroatoms. The second kappa shape index (κ2) is 7.18. The van der Waals surface area contributed by atoms with Crippen molar-refractivity contribution < 1.29 is 14.3 Å². The van der Waals surface area contributed by atoms with E-state index < -0.39 is 0 Å². The number of aromatic amines is 1. The Kier molecular flexibility index (Phi) is 4.91. The van der Waals surface area contributed by atoms with Gasteiger partial charge in [-0.3, -0.25) is 9.89 Å². The summed E-state index contributed by atoms with van der Waals surface area (Å²) in [7, 11) is 0. The van der Waals surface area contributed by atoms with E-state index in [2.05, 4.69) is 31.0 Å². The number of rotatable bonds is 3. The molecule has 1 heterocycles. The third-order valence-corrected chi connectivity index (χ3v) is 10.6. The molecule has 0 spiro atoms. The Hall–Kier alpha value is -1.65. The summed E-state index contributed by atoms with van der Waals surface area (Å²) in [5.41, 5.74) is 2.27. The van der Waals surface area contributed by atoms with Crippen molar-refractivity contribution in [3.05, 3.63) is 17.5 Å². The molecular weight excluding hydrogens is 388 g/mol. The van der Waals surface area contributed by atoms with Gasteiger partial charge in [-0.05, 0) is 91.9 Å². The molecule has 1 N–H and O–H groups in total. The van der Waals surface area contributed by atoms with Crippen LogP contribution in [0.4, 0.5) is 0 Å². The van der Waals surface area contributed by atoms with Crippen molar-refractivity contribution in [3.8, 4) is 0 Å². The number of fused-ring (bicyclic) bond motifs is 5. The number of carbonyl (C=O) groups excluding carboxylic acids is 2. The first-order chi connectivity index (χ1) is 14.7. The molecule has 4 aliphatic rings. The topological polar surface area (TPSA) is 72.1 Å². The van der Waals surface area contributed by atoms with Crippen LogP contribution < -0.4 is 0 Å². The summed E-state index contributed by atoms with van der Waals surface area (Å²) < 4.78 is 5.14. The summed E-state index contributed by atoms with van der Waals surface area (Å²) in [6, 6.07) is 1.94. The van der Waals surface area contributed by atoms with Crippen molar-refractivity contribution in [1.82, 2.24) is 10.2 Å². The Morgan fingerprint density at radius 1 is 1.13 bits per heavy atom. The second-order valence-electron chi connectivity index (χ2n) is 11.7. The van der Waals surface area contributed by atoms with Crippen LogP contribution in [0.2, 0.25) is 0 Å². The lowest BCUT2D eigenvalue weighted by molar-refractivity contribution is -0.161. The fourth-order valence-corrected chi connectivity index (χ4v) is 8.74. The van der Waals surface area contributed by atoms with E-state index in [9.17, 15) is 9.59 Å². The highest BCUT2D eigenvalue weighted by Crippen LogP contribution is 2.71. The van der Waals surface area contributed by atoms with Gasteiger partial charge in [0.15, 0.2) is 5.69 Å². The number of nitrogens with one attached hydrogen (secondary N) is 1. The fourth-order valence-electron chi connectivity index (χ4n) is 8.74. The average molecular weight is 427 g/mol. The second-order valence-corrected chi connectivity index (χ2v) is 11.7. The van der Waals surface area contributed by atoms with Crippen LogP contribution >= 0.6 is 0 Å². The number of ether oxygens (including phenoxy) is 1. The van der Waals surface area contributed by atoms with Crippen molar-refractivity contribution in [3.63, 3.8) is 0 Å². The molecular formula is C26H38N2O3. The summed E-state index contributed by atoms with van der Waals surface area (Å²) in [6.07, 6.45) is 10.1. The average Bonchev–Trinajstić information content (AvgIpc) is 3.33. The summed E-state index contributed by atoms with van der Waals surface area (Å²) in [5, 5.41) is 7.47. The van der Waals surface area contributed by atoms with Gasteiger partial charge in [-0.1, -0.05) is 20.8 Å². The number of hydrogen-bond donors (Lipinski definition) is 1. The Labute approximate surface area is 186 Å². The lowest BCUT2D eigenvalue weighted by atomic mass is 9.40. The van der Waals surface area contributed by atoms with Crippen molar-refractivity contribution >= 4 is 11.8 Å². The number of ketones is 1. The van der Waals surface area contributed by atoms with Crippen molar-refractivity contribution in [1.29, 1.82) is 0 Å². The highest BCUT2D eigenvalue weighted by molar-refractivity contribution is 5.87. The molecule has 0 aromatic carbocycles. The molecule has 0 bridgehead atoms. The van der Waals surface area contributed by atoms with Crippen LogP contribution in [0.3, 0.4) is 0 Å². The standard InChI is InChI=1S/C26H38N2O3/c1-5-31-23(30)22-14-21(27-28-22)20-7-6-18-17-9-11-24(2)15-16(29)8-13-26(24,4)19(17)10-12-25(18,20)3/h14,17-20H,5-13,15H2,1-4H3,(H,27,28)/t17?,18?,19?,20?,24-,25?,26?/m0/s1. The van der Waals surface area contributed by atoms with Crippen molar-refractivity contribution in [2.24, 2.45) is 34.0 Å². The molecule has 1 aromatic rings. The van der Waals surface area contributed by atoms with Gasteiger partial charge in [0.05, 0.1) is 6.61 Å². The van der Waals surface area contributed by atoms with E-state index in [1.165, 1.54) is 38.5 Å². The largest absolute Gasteiger partial charge is 0.461 e. The lowest BCUT2D eigenvalue weighted by Gasteiger charge is -2.64. The minimum atomic E-state index is -0.334. The van der Waals surface area contributed by atoms with Gasteiger partial charge in [-0.2, -0.15) is 5.10 Å². The SMILES string of the molecule is CCOC(=O)c1cc(C2CCC3C4CC[C@@]5(C)CC(=O)CCC5(C)C4CCC23C)[nH]n1. The van der Waals surface area contributed by atoms with Gasteiger partial charge >= 0.3 is 5.97 Å². The minimum Gasteiger partial charge on any atom is -0.461 e. The third-order valence-electron chi connectivity index (χ3n) is 10.6. The van der Waals surface area contributed by atoms with Crippen molar-refractivity contribution in [2.75, 3.05) is 6.61 Å². The maximum absolute atomic E-state index is 12.3. The molecule has 4 saturated carbocycles. The van der Waals surface area contributed by atoms with Crippen LogP contribution in [0.25, 0.3) is 0 Å². The summed E-state index contributed by atoms with van der Waals surface area (Å²) in [6.45, 7) is 9.62. The minimum absolute atomic E-state index is 0.188. The van der Waals surface area contributed by atoms with E-state index in [1.54, 1.807) is 0 Å². The Morgan fingerprint density at radius 3 is 2.71 bits per heavy atom. The van der Waals surface area contributed by atoms with Gasteiger partial charge < -0.3 is 4.74 Å². The maximum Gasteiger partial charge on any atom is 0.358 e. The highest BCUT2D eigenvalue weighted by Gasteiger charge is 2.63. The number of nitrogens with zero attached hydrogens (tertiary/aromatic N) is 1. The summed E-state index contributed by atoms with van der Waals surface area (Å²) in [5.74, 6) is 2.82. The van der Waals surface area contributed by atoms with Crippen LogP contribution in [-0.4, -0.2) is 28.6 Å². The zero-order valence-corrected chi connectivity index (χ0v) is 19.6. The molecule has 4 fully saturated rings. The van der Waals surface area contributed by atoms with Crippen LogP contribution in [0, 0.1) is 34.0 Å². The molecule has 31 heavy (non-hydrogen) atoms. The zero-order valence-electron chi connectivity index (χ0n) is 19.6. The van der Waals surface area contributed by atoms with Gasteiger partial charge in [-0.25, -0.2) is 4.79 Å². The molecule has 0 radical (unpaired) electrons. The molecule has 4 aliphatic carbocycles. The Morgan fingerprint density at radius 2 is 1.94 bits per heavy atom. The molecule has 7 atom stereocenters. The number of esters is 1. The normalized spacial score (nSPS) is 44.3.